The minimum atomic E-state index is -0.802. The lowest BCUT2D eigenvalue weighted by Gasteiger charge is -2.18. The fourth-order valence-electron chi connectivity index (χ4n) is 9.27. The topological polar surface area (TPSA) is 78.9 Å². The van der Waals surface area contributed by atoms with Crippen molar-refractivity contribution < 1.29 is 28.6 Å². The lowest BCUT2D eigenvalue weighted by atomic mass is 10.0. The molecule has 0 aromatic heterocycles. The van der Waals surface area contributed by atoms with Gasteiger partial charge in [0.25, 0.3) is 0 Å². The van der Waals surface area contributed by atoms with Crippen molar-refractivity contribution in [3.63, 3.8) is 0 Å². The Morgan fingerprint density at radius 1 is 0.253 bits per heavy atom. The first-order valence-corrected chi connectivity index (χ1v) is 34.3. The molecular weight excluding hydrogens is 1020 g/mol. The molecule has 0 bridgehead atoms. The van der Waals surface area contributed by atoms with Crippen LogP contribution in [-0.4, -0.2) is 37.2 Å². The number of rotatable bonds is 61. The van der Waals surface area contributed by atoms with E-state index in [1.54, 1.807) is 0 Å². The first-order valence-electron chi connectivity index (χ1n) is 34.3. The van der Waals surface area contributed by atoms with Gasteiger partial charge in [0.15, 0.2) is 6.10 Å². The van der Waals surface area contributed by atoms with Crippen LogP contribution in [0.5, 0.6) is 0 Å². The molecule has 0 aliphatic carbocycles. The number of ether oxygens (including phenoxy) is 3. The first-order chi connectivity index (χ1) is 41.0. The Morgan fingerprint density at radius 3 is 0.735 bits per heavy atom. The molecule has 0 amide bonds. The van der Waals surface area contributed by atoms with E-state index in [1.165, 1.54) is 109 Å². The van der Waals surface area contributed by atoms with Crippen LogP contribution in [0, 0.1) is 0 Å². The van der Waals surface area contributed by atoms with Crippen LogP contribution in [0.4, 0.5) is 0 Å². The van der Waals surface area contributed by atoms with Crippen molar-refractivity contribution in [2.75, 3.05) is 13.2 Å². The van der Waals surface area contributed by atoms with Crippen molar-refractivity contribution in [2.24, 2.45) is 0 Å². The van der Waals surface area contributed by atoms with E-state index in [4.69, 9.17) is 14.2 Å². The van der Waals surface area contributed by atoms with E-state index < -0.39 is 6.10 Å². The quantitative estimate of drug-likeness (QED) is 0.0261. The summed E-state index contributed by atoms with van der Waals surface area (Å²) < 4.78 is 17.0. The second kappa shape index (κ2) is 69.8. The summed E-state index contributed by atoms with van der Waals surface area (Å²) in [5.41, 5.74) is 0. The van der Waals surface area contributed by atoms with Crippen LogP contribution < -0.4 is 0 Å². The molecule has 0 aromatic carbocycles. The van der Waals surface area contributed by atoms with Crippen molar-refractivity contribution in [3.05, 3.63) is 146 Å². The molecule has 1 unspecified atom stereocenters. The van der Waals surface area contributed by atoms with Gasteiger partial charge in [-0.15, -0.1) is 0 Å². The number of hydrogen-bond acceptors (Lipinski definition) is 6. The number of carbonyl (C=O) groups excluding carboxylic acids is 3. The number of unbranched alkanes of at least 4 members (excludes halogenated alkanes) is 26. The molecule has 0 saturated carbocycles. The van der Waals surface area contributed by atoms with Gasteiger partial charge in [-0.3, -0.25) is 14.4 Å². The Balaban J connectivity index is 4.43. The van der Waals surface area contributed by atoms with Gasteiger partial charge in [0.05, 0.1) is 0 Å². The zero-order chi connectivity index (χ0) is 59.9. The number of allylic oxidation sites excluding steroid dienone is 24. The molecular formula is C77H126O6. The molecule has 6 heteroatoms. The van der Waals surface area contributed by atoms with E-state index in [-0.39, 0.29) is 31.1 Å². The maximum atomic E-state index is 12.9. The summed E-state index contributed by atoms with van der Waals surface area (Å²) in [6, 6.07) is 0. The molecule has 470 valence electrons. The number of carbonyl (C=O) groups is 3. The highest BCUT2D eigenvalue weighted by molar-refractivity contribution is 5.71. The minimum Gasteiger partial charge on any atom is -0.462 e. The minimum absolute atomic E-state index is 0.0933. The van der Waals surface area contributed by atoms with Crippen LogP contribution in [0.15, 0.2) is 146 Å². The monoisotopic (exact) mass is 1150 g/mol. The Morgan fingerprint density at radius 2 is 0.470 bits per heavy atom. The van der Waals surface area contributed by atoms with E-state index in [0.717, 1.165) is 154 Å². The highest BCUT2D eigenvalue weighted by atomic mass is 16.6. The summed E-state index contributed by atoms with van der Waals surface area (Å²) in [7, 11) is 0. The van der Waals surface area contributed by atoms with Crippen LogP contribution in [0.1, 0.15) is 303 Å². The fourth-order valence-corrected chi connectivity index (χ4v) is 9.27. The van der Waals surface area contributed by atoms with Crippen molar-refractivity contribution in [1.82, 2.24) is 0 Å². The summed E-state index contributed by atoms with van der Waals surface area (Å²) in [6.45, 7) is 6.41. The summed E-state index contributed by atoms with van der Waals surface area (Å²) in [5, 5.41) is 0. The third kappa shape index (κ3) is 68.0. The van der Waals surface area contributed by atoms with Gasteiger partial charge < -0.3 is 14.2 Å². The lowest BCUT2D eigenvalue weighted by molar-refractivity contribution is -0.167. The second-order valence-corrected chi connectivity index (χ2v) is 22.3. The average Bonchev–Trinajstić information content (AvgIpc) is 3.49. The Kier molecular flexibility index (Phi) is 65.8. The molecule has 1 atom stereocenters. The Bertz CT molecular complexity index is 1800. The molecule has 0 heterocycles. The van der Waals surface area contributed by atoms with Gasteiger partial charge in [0, 0.05) is 19.3 Å². The Hall–Kier alpha value is -4.71. The van der Waals surface area contributed by atoms with Crippen LogP contribution in [0.3, 0.4) is 0 Å². The largest absolute Gasteiger partial charge is 0.462 e. The summed E-state index contributed by atoms with van der Waals surface area (Å²) in [6.07, 6.45) is 99.9. The molecule has 0 rings (SSSR count). The second-order valence-electron chi connectivity index (χ2n) is 22.3. The van der Waals surface area contributed by atoms with Crippen LogP contribution in [-0.2, 0) is 28.6 Å². The van der Waals surface area contributed by atoms with Gasteiger partial charge in [-0.05, 0) is 122 Å². The normalized spacial score (nSPS) is 13.0. The predicted octanol–water partition coefficient (Wildman–Crippen LogP) is 23.9. The van der Waals surface area contributed by atoms with Crippen molar-refractivity contribution in [3.8, 4) is 0 Å². The zero-order valence-corrected chi connectivity index (χ0v) is 53.9. The summed E-state index contributed by atoms with van der Waals surface area (Å²) >= 11 is 0. The van der Waals surface area contributed by atoms with E-state index in [9.17, 15) is 14.4 Å². The van der Waals surface area contributed by atoms with Crippen molar-refractivity contribution in [1.29, 1.82) is 0 Å². The average molecular weight is 1150 g/mol. The molecule has 6 nitrogen and oxygen atoms in total. The fraction of sp³-hybridized carbons (Fsp3) is 0.649. The summed E-state index contributed by atoms with van der Waals surface area (Å²) in [4.78, 5) is 38.4. The zero-order valence-electron chi connectivity index (χ0n) is 53.9. The highest BCUT2D eigenvalue weighted by Crippen LogP contribution is 2.16. The van der Waals surface area contributed by atoms with E-state index in [1.807, 2.05) is 0 Å². The molecule has 83 heavy (non-hydrogen) atoms. The summed E-state index contributed by atoms with van der Waals surface area (Å²) in [5.74, 6) is -0.921. The van der Waals surface area contributed by atoms with Gasteiger partial charge in [0.2, 0.25) is 0 Å². The lowest BCUT2D eigenvalue weighted by Crippen LogP contribution is -2.30. The van der Waals surface area contributed by atoms with Crippen molar-refractivity contribution >= 4 is 17.9 Å². The smallest absolute Gasteiger partial charge is 0.306 e. The number of esters is 3. The third-order valence-electron chi connectivity index (χ3n) is 14.3. The standard InChI is InChI=1S/C77H126O6/c1-4-7-10-13-16-19-22-25-28-30-32-34-36-37-38-39-41-42-44-46-49-52-55-58-61-64-67-70-76(79)82-73-74(72-81-75(78)69-66-63-60-57-54-51-48-27-24-21-18-15-12-9-6-3)83-77(80)71-68-65-62-59-56-53-50-47-45-43-40-35-33-31-29-26-23-20-17-14-11-8-5-2/h7-8,10-11,16-17,19-20,25-26,28-29,32-35,37-38,41-43,45,50,53,74H,4-6,9,12-15,18,21-24,27,30-31,36,39-40,44,46-49,51-52,54-73H2,1-3H3/b10-7-,11-8-,19-16-,20-17-,28-25-,29-26-,34-32-,35-33-,38-37-,42-41-,45-43-,53-50-. The van der Waals surface area contributed by atoms with Gasteiger partial charge in [-0.1, -0.05) is 308 Å². The Labute approximate surface area is 512 Å². The molecule has 0 aliphatic heterocycles. The molecule has 0 radical (unpaired) electrons. The van der Waals surface area contributed by atoms with Crippen molar-refractivity contribution in [2.45, 2.75) is 309 Å². The SMILES string of the molecule is CC/C=C\C/C=C\C/C=C\C/C=C\C/C=C\C/C=C\CCCCCCCCCCC(=O)OCC(COC(=O)CCCCCCCCCCCCCCCCC)OC(=O)CCCCCC/C=C\C/C=C\C/C=C\C/C=C\C/C=C\C/C=C\CC. The first kappa shape index (κ1) is 78.3. The van der Waals surface area contributed by atoms with E-state index in [0.29, 0.717) is 19.3 Å². The molecule has 0 aromatic rings. The van der Waals surface area contributed by atoms with Gasteiger partial charge in [-0.2, -0.15) is 0 Å². The molecule has 0 spiro atoms. The predicted molar refractivity (Wildman–Crippen MR) is 362 cm³/mol. The van der Waals surface area contributed by atoms with Crippen LogP contribution in [0.2, 0.25) is 0 Å². The molecule has 0 N–H and O–H groups in total. The van der Waals surface area contributed by atoms with E-state index in [2.05, 4.69) is 167 Å². The van der Waals surface area contributed by atoms with Gasteiger partial charge in [-0.25, -0.2) is 0 Å². The molecule has 0 saturated heterocycles. The number of hydrogen-bond donors (Lipinski definition) is 0. The molecule has 0 aliphatic rings. The maximum absolute atomic E-state index is 12.9. The van der Waals surface area contributed by atoms with E-state index >= 15 is 0 Å². The maximum Gasteiger partial charge on any atom is 0.306 e. The molecule has 0 fully saturated rings. The van der Waals surface area contributed by atoms with Gasteiger partial charge in [0.1, 0.15) is 13.2 Å². The van der Waals surface area contributed by atoms with Crippen LogP contribution >= 0.6 is 0 Å². The third-order valence-corrected chi connectivity index (χ3v) is 14.3. The van der Waals surface area contributed by atoms with Gasteiger partial charge >= 0.3 is 17.9 Å². The highest BCUT2D eigenvalue weighted by Gasteiger charge is 2.19. The van der Waals surface area contributed by atoms with Crippen LogP contribution in [0.25, 0.3) is 0 Å².